The Kier molecular flexibility index (Phi) is 5.72. The molecule has 1 amide bonds. The SMILES string of the molecule is CC(C)c1ccc(NC(=O)c2cccnc2Nc2ccc(F)c(Cl)c2)cc1. The van der Waals surface area contributed by atoms with Crippen LogP contribution in [-0.2, 0) is 0 Å². The van der Waals surface area contributed by atoms with Crippen molar-refractivity contribution in [2.45, 2.75) is 19.8 Å². The smallest absolute Gasteiger partial charge is 0.259 e. The minimum atomic E-state index is -0.508. The molecule has 1 heterocycles. The minimum absolute atomic E-state index is 0.00725. The van der Waals surface area contributed by atoms with Gasteiger partial charge in [0.15, 0.2) is 0 Å². The summed E-state index contributed by atoms with van der Waals surface area (Å²) in [5.41, 5.74) is 2.80. The third kappa shape index (κ3) is 4.63. The summed E-state index contributed by atoms with van der Waals surface area (Å²) in [5.74, 6) is -0.0231. The lowest BCUT2D eigenvalue weighted by atomic mass is 10.0. The largest absolute Gasteiger partial charge is 0.340 e. The van der Waals surface area contributed by atoms with Crippen LogP contribution in [0.1, 0.15) is 35.7 Å². The van der Waals surface area contributed by atoms with Crippen molar-refractivity contribution in [1.82, 2.24) is 4.98 Å². The lowest BCUT2D eigenvalue weighted by Gasteiger charge is -2.12. The number of carbonyl (C=O) groups is 1. The van der Waals surface area contributed by atoms with Gasteiger partial charge in [-0.15, -0.1) is 0 Å². The van der Waals surface area contributed by atoms with Crippen LogP contribution in [0.4, 0.5) is 21.6 Å². The van der Waals surface area contributed by atoms with Gasteiger partial charge in [-0.3, -0.25) is 4.79 Å². The fourth-order valence-electron chi connectivity index (χ4n) is 2.55. The Morgan fingerprint density at radius 1 is 1.07 bits per heavy atom. The van der Waals surface area contributed by atoms with Crippen molar-refractivity contribution in [3.05, 3.63) is 82.8 Å². The van der Waals surface area contributed by atoms with Crippen LogP contribution in [0.3, 0.4) is 0 Å². The molecule has 1 aromatic heterocycles. The first kappa shape index (κ1) is 18.9. The number of anilines is 3. The molecule has 0 saturated heterocycles. The van der Waals surface area contributed by atoms with Crippen LogP contribution in [0.25, 0.3) is 0 Å². The van der Waals surface area contributed by atoms with Crippen molar-refractivity contribution >= 4 is 34.7 Å². The molecule has 6 heteroatoms. The van der Waals surface area contributed by atoms with Gasteiger partial charge in [0.1, 0.15) is 11.6 Å². The third-order valence-electron chi connectivity index (χ3n) is 4.07. The zero-order valence-corrected chi connectivity index (χ0v) is 15.7. The van der Waals surface area contributed by atoms with Gasteiger partial charge >= 0.3 is 0 Å². The highest BCUT2D eigenvalue weighted by Crippen LogP contribution is 2.24. The summed E-state index contributed by atoms with van der Waals surface area (Å²) >= 11 is 5.81. The van der Waals surface area contributed by atoms with E-state index in [1.54, 1.807) is 18.3 Å². The van der Waals surface area contributed by atoms with E-state index in [0.29, 0.717) is 28.7 Å². The molecule has 0 aliphatic rings. The van der Waals surface area contributed by atoms with Crippen molar-refractivity contribution < 1.29 is 9.18 Å². The van der Waals surface area contributed by atoms with Crippen molar-refractivity contribution in [2.75, 3.05) is 10.6 Å². The summed E-state index contributed by atoms with van der Waals surface area (Å²) in [6.07, 6.45) is 1.57. The van der Waals surface area contributed by atoms with E-state index in [4.69, 9.17) is 11.6 Å². The molecule has 0 bridgehead atoms. The van der Waals surface area contributed by atoms with E-state index >= 15 is 0 Å². The molecule has 0 spiro atoms. The maximum absolute atomic E-state index is 13.3. The number of nitrogens with zero attached hydrogens (tertiary/aromatic N) is 1. The number of rotatable bonds is 5. The molecular formula is C21H19ClFN3O. The highest BCUT2D eigenvalue weighted by atomic mass is 35.5. The number of benzene rings is 2. The van der Waals surface area contributed by atoms with Gasteiger partial charge < -0.3 is 10.6 Å². The lowest BCUT2D eigenvalue weighted by molar-refractivity contribution is 0.102. The van der Waals surface area contributed by atoms with Crippen molar-refractivity contribution in [2.24, 2.45) is 0 Å². The van der Waals surface area contributed by atoms with E-state index in [1.807, 2.05) is 24.3 Å². The first-order valence-corrected chi connectivity index (χ1v) is 8.90. The van der Waals surface area contributed by atoms with Gasteiger partial charge in [0.2, 0.25) is 0 Å². The molecular weight excluding hydrogens is 365 g/mol. The standard InChI is InChI=1S/C21H19ClFN3O/c1-13(2)14-5-7-15(8-6-14)26-21(27)17-4-3-11-24-20(17)25-16-9-10-19(23)18(22)12-16/h3-13H,1-2H3,(H,24,25)(H,26,27). The molecule has 0 atom stereocenters. The molecule has 3 aromatic rings. The molecule has 3 rings (SSSR count). The molecule has 4 nitrogen and oxygen atoms in total. The Morgan fingerprint density at radius 2 is 1.78 bits per heavy atom. The third-order valence-corrected chi connectivity index (χ3v) is 4.36. The van der Waals surface area contributed by atoms with Gasteiger partial charge in [0.25, 0.3) is 5.91 Å². The first-order chi connectivity index (χ1) is 12.9. The Bertz CT molecular complexity index is 958. The average molecular weight is 384 g/mol. The van der Waals surface area contributed by atoms with E-state index in [-0.39, 0.29) is 10.9 Å². The summed E-state index contributed by atoms with van der Waals surface area (Å²) in [7, 11) is 0. The molecule has 27 heavy (non-hydrogen) atoms. The van der Waals surface area contributed by atoms with Gasteiger partial charge in [-0.25, -0.2) is 9.37 Å². The summed E-state index contributed by atoms with van der Waals surface area (Å²) in [6.45, 7) is 4.23. The first-order valence-electron chi connectivity index (χ1n) is 8.52. The van der Waals surface area contributed by atoms with Gasteiger partial charge in [0, 0.05) is 17.6 Å². The summed E-state index contributed by atoms with van der Waals surface area (Å²) in [4.78, 5) is 16.9. The predicted molar refractivity (Wildman–Crippen MR) is 107 cm³/mol. The topological polar surface area (TPSA) is 54.0 Å². The Morgan fingerprint density at radius 3 is 2.44 bits per heavy atom. The number of hydrogen-bond acceptors (Lipinski definition) is 3. The number of aromatic nitrogens is 1. The summed E-state index contributed by atoms with van der Waals surface area (Å²) in [5, 5.41) is 5.87. The fraction of sp³-hybridized carbons (Fsp3) is 0.143. The van der Waals surface area contributed by atoms with Crippen LogP contribution in [0.15, 0.2) is 60.8 Å². The van der Waals surface area contributed by atoms with Crippen LogP contribution in [0.2, 0.25) is 5.02 Å². The lowest BCUT2D eigenvalue weighted by Crippen LogP contribution is -2.14. The second-order valence-corrected chi connectivity index (χ2v) is 6.79. The molecule has 2 N–H and O–H groups in total. The molecule has 0 aliphatic heterocycles. The van der Waals surface area contributed by atoms with Crippen LogP contribution >= 0.6 is 11.6 Å². The number of halogens is 2. The molecule has 0 aliphatic carbocycles. The number of pyridine rings is 1. The fourth-order valence-corrected chi connectivity index (χ4v) is 2.73. The molecule has 0 saturated carbocycles. The van der Waals surface area contributed by atoms with Crippen molar-refractivity contribution in [1.29, 1.82) is 0 Å². The van der Waals surface area contributed by atoms with E-state index in [9.17, 15) is 9.18 Å². The monoisotopic (exact) mass is 383 g/mol. The zero-order chi connectivity index (χ0) is 19.4. The molecule has 0 fully saturated rings. The van der Waals surface area contributed by atoms with Crippen LogP contribution < -0.4 is 10.6 Å². The number of nitrogens with one attached hydrogen (secondary N) is 2. The number of amides is 1. The van der Waals surface area contributed by atoms with Crippen molar-refractivity contribution in [3.63, 3.8) is 0 Å². The molecule has 0 radical (unpaired) electrons. The van der Waals surface area contributed by atoms with Crippen molar-refractivity contribution in [3.8, 4) is 0 Å². The van der Waals surface area contributed by atoms with Gasteiger partial charge in [0.05, 0.1) is 10.6 Å². The van der Waals surface area contributed by atoms with Crippen LogP contribution in [0, 0.1) is 5.82 Å². The maximum atomic E-state index is 13.3. The van der Waals surface area contributed by atoms with Gasteiger partial charge in [-0.2, -0.15) is 0 Å². The summed E-state index contributed by atoms with van der Waals surface area (Å²) < 4.78 is 13.3. The minimum Gasteiger partial charge on any atom is -0.340 e. The average Bonchev–Trinajstić information content (AvgIpc) is 2.65. The molecule has 0 unspecified atom stereocenters. The molecule has 138 valence electrons. The van der Waals surface area contributed by atoms with E-state index < -0.39 is 5.82 Å². The predicted octanol–water partition coefficient (Wildman–Crippen LogP) is 5.99. The second-order valence-electron chi connectivity index (χ2n) is 6.38. The van der Waals surface area contributed by atoms with E-state index in [1.165, 1.54) is 23.8 Å². The number of carbonyl (C=O) groups excluding carboxylic acids is 1. The Balaban J connectivity index is 1.80. The van der Waals surface area contributed by atoms with Gasteiger partial charge in [-0.1, -0.05) is 37.6 Å². The maximum Gasteiger partial charge on any atom is 0.259 e. The second kappa shape index (κ2) is 8.18. The zero-order valence-electron chi connectivity index (χ0n) is 15.0. The van der Waals surface area contributed by atoms with Crippen LogP contribution in [-0.4, -0.2) is 10.9 Å². The van der Waals surface area contributed by atoms with Gasteiger partial charge in [-0.05, 0) is 53.9 Å². The van der Waals surface area contributed by atoms with Crippen LogP contribution in [0.5, 0.6) is 0 Å². The summed E-state index contributed by atoms with van der Waals surface area (Å²) in [6, 6.07) is 15.3. The molecule has 2 aromatic carbocycles. The van der Waals surface area contributed by atoms with E-state index in [0.717, 1.165) is 0 Å². The quantitative estimate of drug-likeness (QED) is 0.568. The highest BCUT2D eigenvalue weighted by molar-refractivity contribution is 6.31. The Labute approximate surface area is 162 Å². The Hall–Kier alpha value is -2.92. The highest BCUT2D eigenvalue weighted by Gasteiger charge is 2.13. The van der Waals surface area contributed by atoms with E-state index in [2.05, 4.69) is 29.5 Å². The number of hydrogen-bond donors (Lipinski definition) is 2. The normalized spacial score (nSPS) is 10.7.